The molecule has 0 radical (unpaired) electrons. The van der Waals surface area contributed by atoms with Crippen molar-refractivity contribution in [3.05, 3.63) is 38.8 Å². The number of hydrogen-bond acceptors (Lipinski definition) is 5. The van der Waals surface area contributed by atoms with Gasteiger partial charge >= 0.3 is 5.97 Å². The van der Waals surface area contributed by atoms with Crippen LogP contribution in [0.4, 0.5) is 5.69 Å². The third-order valence-corrected chi connectivity index (χ3v) is 5.65. The number of aryl methyl sites for hydroxylation is 2. The van der Waals surface area contributed by atoms with E-state index < -0.39 is 16.0 Å². The molecule has 21 heavy (non-hydrogen) atoms. The van der Waals surface area contributed by atoms with Crippen LogP contribution in [0.5, 0.6) is 0 Å². The van der Waals surface area contributed by atoms with Gasteiger partial charge in [0.2, 0.25) is 0 Å². The number of aromatic carboxylic acids is 1. The minimum atomic E-state index is -4.02. The summed E-state index contributed by atoms with van der Waals surface area (Å²) in [4.78, 5) is 14.6. The predicted octanol–water partition coefficient (Wildman–Crippen LogP) is 2.91. The molecule has 0 saturated heterocycles. The molecule has 0 bridgehead atoms. The number of rotatable bonds is 4. The maximum Gasteiger partial charge on any atom is 0.347 e. The van der Waals surface area contributed by atoms with Crippen LogP contribution in [-0.4, -0.2) is 24.5 Å². The number of hydrogen-bond donors (Lipinski definition) is 2. The molecule has 0 aromatic carbocycles. The topological polar surface area (TPSA) is 96.4 Å². The first-order valence-electron chi connectivity index (χ1n) is 5.69. The lowest BCUT2D eigenvalue weighted by Crippen LogP contribution is -2.17. The first-order valence-corrected chi connectivity index (χ1v) is 8.44. The quantitative estimate of drug-likeness (QED) is 0.830. The number of thiophene rings is 1. The highest BCUT2D eigenvalue weighted by atomic mass is 35.5. The number of halogens is 1. The molecule has 0 saturated carbocycles. The molecule has 2 N–H and O–H groups in total. The third-order valence-electron chi connectivity index (χ3n) is 2.68. The van der Waals surface area contributed by atoms with E-state index in [-0.39, 0.29) is 20.6 Å². The van der Waals surface area contributed by atoms with Gasteiger partial charge in [0, 0.05) is 0 Å². The first kappa shape index (κ1) is 15.7. The molecule has 2 aromatic rings. The first-order chi connectivity index (χ1) is 9.72. The third kappa shape index (κ3) is 3.17. The average molecular weight is 347 g/mol. The number of carboxylic acids is 1. The Labute approximate surface area is 130 Å². The molecule has 2 aromatic heterocycles. The summed E-state index contributed by atoms with van der Waals surface area (Å²) in [6.07, 6.45) is 0. The van der Waals surface area contributed by atoms with Gasteiger partial charge in [-0.3, -0.25) is 4.72 Å². The molecule has 2 heterocycles. The number of sulfonamides is 1. The van der Waals surface area contributed by atoms with Gasteiger partial charge in [-0.05, 0) is 36.9 Å². The number of carboxylic acid groups (broad SMARTS) is 1. The molecule has 9 heteroatoms. The summed E-state index contributed by atoms with van der Waals surface area (Å²) in [5, 5.41) is 10.8. The Morgan fingerprint density at radius 1 is 1.38 bits per heavy atom. The van der Waals surface area contributed by atoms with Gasteiger partial charge in [-0.1, -0.05) is 11.6 Å². The van der Waals surface area contributed by atoms with Crippen LogP contribution in [0.1, 0.15) is 20.9 Å². The standard InChI is InChI=1S/C12H11ClN2O4S2/c1-6-5-20-10(12(16)17)11(6)21(18,19)15-8-3-4-9(13)14-7(8)2/h3-5,15H,1-2H3,(H,16,17). The number of anilines is 1. The van der Waals surface area contributed by atoms with Gasteiger partial charge in [0.05, 0.1) is 11.4 Å². The second-order valence-corrected chi connectivity index (χ2v) is 7.14. The van der Waals surface area contributed by atoms with Gasteiger partial charge in [-0.2, -0.15) is 0 Å². The summed E-state index contributed by atoms with van der Waals surface area (Å²) in [5.41, 5.74) is 1.03. The highest BCUT2D eigenvalue weighted by Crippen LogP contribution is 2.29. The molecular formula is C12H11ClN2O4S2. The fourth-order valence-corrected chi connectivity index (χ4v) is 4.69. The zero-order chi connectivity index (χ0) is 15.8. The Kier molecular flexibility index (Phi) is 4.22. The maximum absolute atomic E-state index is 12.4. The van der Waals surface area contributed by atoms with E-state index in [4.69, 9.17) is 16.7 Å². The van der Waals surface area contributed by atoms with Crippen molar-refractivity contribution in [3.63, 3.8) is 0 Å². The summed E-state index contributed by atoms with van der Waals surface area (Å²) in [6, 6.07) is 2.93. The summed E-state index contributed by atoms with van der Waals surface area (Å²) < 4.78 is 27.2. The molecule has 6 nitrogen and oxygen atoms in total. The van der Waals surface area contributed by atoms with Crippen LogP contribution < -0.4 is 4.72 Å². The van der Waals surface area contributed by atoms with Crippen molar-refractivity contribution in [1.29, 1.82) is 0 Å². The Hall–Kier alpha value is -1.64. The van der Waals surface area contributed by atoms with Crippen molar-refractivity contribution >= 4 is 44.6 Å². The fraction of sp³-hybridized carbons (Fsp3) is 0.167. The second kappa shape index (κ2) is 5.63. The smallest absolute Gasteiger partial charge is 0.347 e. The highest BCUT2D eigenvalue weighted by Gasteiger charge is 2.27. The molecular weight excluding hydrogens is 336 g/mol. The van der Waals surface area contributed by atoms with Crippen molar-refractivity contribution in [2.24, 2.45) is 0 Å². The lowest BCUT2D eigenvalue weighted by molar-refractivity contribution is 0.0698. The van der Waals surface area contributed by atoms with Crippen molar-refractivity contribution in [3.8, 4) is 0 Å². The summed E-state index contributed by atoms with van der Waals surface area (Å²) in [5.74, 6) is -1.28. The van der Waals surface area contributed by atoms with E-state index in [0.717, 1.165) is 11.3 Å². The van der Waals surface area contributed by atoms with Gasteiger partial charge < -0.3 is 5.11 Å². The average Bonchev–Trinajstić information content (AvgIpc) is 2.76. The Morgan fingerprint density at radius 3 is 2.62 bits per heavy atom. The van der Waals surface area contributed by atoms with Crippen molar-refractivity contribution < 1.29 is 18.3 Å². The van der Waals surface area contributed by atoms with E-state index in [0.29, 0.717) is 11.3 Å². The number of nitrogens with zero attached hydrogens (tertiary/aromatic N) is 1. The molecule has 0 unspecified atom stereocenters. The summed E-state index contributed by atoms with van der Waals surface area (Å²) in [7, 11) is -4.02. The Balaban J connectivity index is 2.48. The van der Waals surface area contributed by atoms with Gasteiger partial charge in [0.15, 0.2) is 0 Å². The van der Waals surface area contributed by atoms with E-state index >= 15 is 0 Å². The van der Waals surface area contributed by atoms with Crippen LogP contribution in [0.2, 0.25) is 5.15 Å². The fourth-order valence-electron chi connectivity index (χ4n) is 1.75. The van der Waals surface area contributed by atoms with E-state index in [1.807, 2.05) is 0 Å². The zero-order valence-electron chi connectivity index (χ0n) is 11.0. The van der Waals surface area contributed by atoms with Crippen molar-refractivity contribution in [2.75, 3.05) is 4.72 Å². The number of pyridine rings is 1. The van der Waals surface area contributed by atoms with Gasteiger partial charge in [0.1, 0.15) is 14.9 Å². The van der Waals surface area contributed by atoms with Gasteiger partial charge in [-0.15, -0.1) is 11.3 Å². The molecule has 0 fully saturated rings. The van der Waals surface area contributed by atoms with Gasteiger partial charge in [0.25, 0.3) is 10.0 Å². The molecule has 0 spiro atoms. The monoisotopic (exact) mass is 346 g/mol. The van der Waals surface area contributed by atoms with Crippen LogP contribution in [0.25, 0.3) is 0 Å². The Bertz CT molecular complexity index is 815. The second-order valence-electron chi connectivity index (χ2n) is 4.25. The largest absolute Gasteiger partial charge is 0.477 e. The normalized spacial score (nSPS) is 11.4. The van der Waals surface area contributed by atoms with Crippen LogP contribution in [-0.2, 0) is 10.0 Å². The minimum absolute atomic E-state index is 0.223. The number of aromatic nitrogens is 1. The maximum atomic E-state index is 12.4. The molecule has 2 rings (SSSR count). The number of carbonyl (C=O) groups is 1. The molecule has 0 aliphatic rings. The van der Waals surface area contributed by atoms with Crippen LogP contribution in [0.15, 0.2) is 22.4 Å². The SMILES string of the molecule is Cc1csc(C(=O)O)c1S(=O)(=O)Nc1ccc(Cl)nc1C. The van der Waals surface area contributed by atoms with E-state index in [1.165, 1.54) is 17.5 Å². The molecule has 0 atom stereocenters. The van der Waals surface area contributed by atoms with E-state index in [2.05, 4.69) is 9.71 Å². The van der Waals surface area contributed by atoms with E-state index in [1.54, 1.807) is 13.8 Å². The predicted molar refractivity (Wildman–Crippen MR) is 80.8 cm³/mol. The molecule has 0 aliphatic heterocycles. The van der Waals surface area contributed by atoms with Crippen molar-refractivity contribution in [2.45, 2.75) is 18.7 Å². The van der Waals surface area contributed by atoms with Crippen molar-refractivity contribution in [1.82, 2.24) is 4.98 Å². The summed E-state index contributed by atoms with van der Waals surface area (Å²) in [6.45, 7) is 3.15. The van der Waals surface area contributed by atoms with Gasteiger partial charge in [-0.25, -0.2) is 18.2 Å². The Morgan fingerprint density at radius 2 is 2.05 bits per heavy atom. The lowest BCUT2D eigenvalue weighted by Gasteiger charge is -2.10. The molecule has 112 valence electrons. The van der Waals surface area contributed by atoms with Crippen LogP contribution >= 0.6 is 22.9 Å². The van der Waals surface area contributed by atoms with Crippen LogP contribution in [0, 0.1) is 13.8 Å². The van der Waals surface area contributed by atoms with Crippen LogP contribution in [0.3, 0.4) is 0 Å². The summed E-state index contributed by atoms with van der Waals surface area (Å²) >= 11 is 6.59. The zero-order valence-corrected chi connectivity index (χ0v) is 13.4. The highest BCUT2D eigenvalue weighted by molar-refractivity contribution is 7.93. The molecule has 0 aliphatic carbocycles. The number of nitrogens with one attached hydrogen (secondary N) is 1. The lowest BCUT2D eigenvalue weighted by atomic mass is 10.3. The minimum Gasteiger partial charge on any atom is -0.477 e. The molecule has 0 amide bonds. The van der Waals surface area contributed by atoms with E-state index in [9.17, 15) is 13.2 Å².